The number of carbonyl (C=O) groups is 1. The number of hydrogen-bond donors (Lipinski definition) is 1. The molecule has 0 fully saturated rings. The van der Waals surface area contributed by atoms with E-state index in [1.807, 2.05) is 54.6 Å². The lowest BCUT2D eigenvalue weighted by atomic mass is 10.00. The van der Waals surface area contributed by atoms with Crippen LogP contribution in [0.15, 0.2) is 67.0 Å². The van der Waals surface area contributed by atoms with E-state index in [4.69, 9.17) is 9.47 Å². The van der Waals surface area contributed by atoms with Crippen LogP contribution in [0.25, 0.3) is 33.3 Å². The summed E-state index contributed by atoms with van der Waals surface area (Å²) in [6.07, 6.45) is 1.56. The third-order valence-corrected chi connectivity index (χ3v) is 4.83. The topological polar surface area (TPSA) is 73.3 Å². The molecule has 4 aromatic rings. The molecule has 0 saturated heterocycles. The van der Waals surface area contributed by atoms with Crippen molar-refractivity contribution in [2.75, 3.05) is 19.5 Å². The number of aromatic nitrogens is 2. The summed E-state index contributed by atoms with van der Waals surface area (Å²) in [5.41, 5.74) is 5.41. The van der Waals surface area contributed by atoms with Crippen LogP contribution in [-0.2, 0) is 4.79 Å². The molecule has 0 aliphatic carbocycles. The van der Waals surface area contributed by atoms with E-state index in [1.165, 1.54) is 6.92 Å². The fraction of sp³-hybridized carbons (Fsp3) is 0.125. The molecular weight excluding hydrogens is 378 g/mol. The number of hydrogen-bond acceptors (Lipinski definition) is 5. The van der Waals surface area contributed by atoms with E-state index >= 15 is 0 Å². The molecule has 1 aromatic heterocycles. The third-order valence-electron chi connectivity index (χ3n) is 4.83. The highest BCUT2D eigenvalue weighted by molar-refractivity contribution is 5.95. The van der Waals surface area contributed by atoms with Gasteiger partial charge in [-0.05, 0) is 47.5 Å². The zero-order valence-electron chi connectivity index (χ0n) is 17.0. The molecule has 0 unspecified atom stereocenters. The van der Waals surface area contributed by atoms with E-state index in [-0.39, 0.29) is 5.91 Å². The van der Waals surface area contributed by atoms with Crippen molar-refractivity contribution in [1.29, 1.82) is 0 Å². The van der Waals surface area contributed by atoms with Crippen molar-refractivity contribution < 1.29 is 14.3 Å². The molecule has 6 heteroatoms. The van der Waals surface area contributed by atoms with Gasteiger partial charge in [0.1, 0.15) is 6.33 Å². The van der Waals surface area contributed by atoms with Crippen LogP contribution < -0.4 is 14.8 Å². The van der Waals surface area contributed by atoms with Gasteiger partial charge in [0.2, 0.25) is 5.91 Å². The molecule has 1 amide bonds. The van der Waals surface area contributed by atoms with Gasteiger partial charge in [-0.1, -0.05) is 24.3 Å². The van der Waals surface area contributed by atoms with Gasteiger partial charge in [-0.3, -0.25) is 4.79 Å². The molecule has 0 spiro atoms. The average Bonchev–Trinajstić information content (AvgIpc) is 2.78. The maximum absolute atomic E-state index is 11.3. The SMILES string of the molecule is COc1ccc(-c2ccc3ncnc(-c4ccc(NC(C)=O)cc4)c3c2)cc1OC. The van der Waals surface area contributed by atoms with Crippen molar-refractivity contribution in [2.24, 2.45) is 0 Å². The largest absolute Gasteiger partial charge is 0.493 e. The molecule has 150 valence electrons. The molecule has 1 N–H and O–H groups in total. The first-order chi connectivity index (χ1) is 14.6. The van der Waals surface area contributed by atoms with E-state index < -0.39 is 0 Å². The molecule has 0 atom stereocenters. The van der Waals surface area contributed by atoms with Crippen LogP contribution in [0.4, 0.5) is 5.69 Å². The maximum Gasteiger partial charge on any atom is 0.221 e. The summed E-state index contributed by atoms with van der Waals surface area (Å²) in [7, 11) is 3.24. The number of ether oxygens (including phenoxy) is 2. The molecule has 0 saturated carbocycles. The van der Waals surface area contributed by atoms with Crippen molar-refractivity contribution >= 4 is 22.5 Å². The van der Waals surface area contributed by atoms with Crippen molar-refractivity contribution in [3.8, 4) is 33.9 Å². The van der Waals surface area contributed by atoms with Gasteiger partial charge >= 0.3 is 0 Å². The van der Waals surface area contributed by atoms with Gasteiger partial charge < -0.3 is 14.8 Å². The number of fused-ring (bicyclic) bond motifs is 1. The Morgan fingerprint density at radius 3 is 2.17 bits per heavy atom. The standard InChI is InChI=1S/C24H21N3O3/c1-15(28)27-19-8-4-16(5-9-19)24-20-12-17(6-10-21(20)25-14-26-24)18-7-11-22(29-2)23(13-18)30-3/h4-14H,1-3H3,(H,27,28). The van der Waals surface area contributed by atoms with E-state index in [1.54, 1.807) is 20.5 Å². The normalized spacial score (nSPS) is 10.6. The Hall–Kier alpha value is -3.93. The van der Waals surface area contributed by atoms with Crippen LogP contribution in [0, 0.1) is 0 Å². The van der Waals surface area contributed by atoms with Crippen LogP contribution in [0.2, 0.25) is 0 Å². The summed E-state index contributed by atoms with van der Waals surface area (Å²) in [4.78, 5) is 20.2. The fourth-order valence-corrected chi connectivity index (χ4v) is 3.40. The summed E-state index contributed by atoms with van der Waals surface area (Å²) in [6.45, 7) is 1.49. The van der Waals surface area contributed by atoms with Gasteiger partial charge in [0, 0.05) is 23.6 Å². The number of nitrogens with zero attached hydrogens (tertiary/aromatic N) is 2. The summed E-state index contributed by atoms with van der Waals surface area (Å²) in [5, 5.41) is 3.72. The molecule has 0 aliphatic rings. The quantitative estimate of drug-likeness (QED) is 0.515. The first-order valence-corrected chi connectivity index (χ1v) is 9.44. The molecule has 0 aliphatic heterocycles. The Morgan fingerprint density at radius 1 is 0.800 bits per heavy atom. The van der Waals surface area contributed by atoms with Crippen LogP contribution in [0.3, 0.4) is 0 Å². The lowest BCUT2D eigenvalue weighted by molar-refractivity contribution is -0.114. The Bertz CT molecular complexity index is 1220. The summed E-state index contributed by atoms with van der Waals surface area (Å²) in [6, 6.07) is 19.5. The Balaban J connectivity index is 1.79. The Morgan fingerprint density at radius 2 is 1.47 bits per heavy atom. The number of benzene rings is 3. The van der Waals surface area contributed by atoms with Gasteiger partial charge in [0.25, 0.3) is 0 Å². The summed E-state index contributed by atoms with van der Waals surface area (Å²) < 4.78 is 10.8. The highest BCUT2D eigenvalue weighted by Gasteiger charge is 2.11. The third kappa shape index (κ3) is 3.80. The highest BCUT2D eigenvalue weighted by Crippen LogP contribution is 2.35. The number of nitrogens with one attached hydrogen (secondary N) is 1. The number of rotatable bonds is 5. The minimum absolute atomic E-state index is 0.102. The molecular formula is C24H21N3O3. The van der Waals surface area contributed by atoms with Crippen LogP contribution >= 0.6 is 0 Å². The van der Waals surface area contributed by atoms with Crippen molar-refractivity contribution in [3.05, 3.63) is 67.0 Å². The predicted molar refractivity (Wildman–Crippen MR) is 118 cm³/mol. The van der Waals surface area contributed by atoms with Gasteiger partial charge in [0.05, 0.1) is 25.4 Å². The Kier molecular flexibility index (Phi) is 5.30. The molecule has 0 bridgehead atoms. The van der Waals surface area contributed by atoms with Gasteiger partial charge in [0.15, 0.2) is 11.5 Å². The summed E-state index contributed by atoms with van der Waals surface area (Å²) >= 11 is 0. The molecule has 3 aromatic carbocycles. The molecule has 4 rings (SSSR count). The van der Waals surface area contributed by atoms with E-state index in [2.05, 4.69) is 21.4 Å². The first-order valence-electron chi connectivity index (χ1n) is 9.44. The monoisotopic (exact) mass is 399 g/mol. The average molecular weight is 399 g/mol. The molecule has 6 nitrogen and oxygen atoms in total. The second-order valence-electron chi connectivity index (χ2n) is 6.78. The number of anilines is 1. The fourth-order valence-electron chi connectivity index (χ4n) is 3.40. The second kappa shape index (κ2) is 8.21. The van der Waals surface area contributed by atoms with E-state index in [0.717, 1.165) is 39.0 Å². The van der Waals surface area contributed by atoms with Crippen LogP contribution in [0.1, 0.15) is 6.92 Å². The second-order valence-corrected chi connectivity index (χ2v) is 6.78. The Labute approximate surface area is 174 Å². The first kappa shape index (κ1) is 19.4. The van der Waals surface area contributed by atoms with Crippen molar-refractivity contribution in [1.82, 2.24) is 9.97 Å². The number of carbonyl (C=O) groups excluding carboxylic acids is 1. The van der Waals surface area contributed by atoms with Gasteiger partial charge in [-0.15, -0.1) is 0 Å². The zero-order valence-corrected chi connectivity index (χ0v) is 17.0. The maximum atomic E-state index is 11.3. The van der Waals surface area contributed by atoms with Crippen LogP contribution in [0.5, 0.6) is 11.5 Å². The van der Waals surface area contributed by atoms with Crippen molar-refractivity contribution in [2.45, 2.75) is 6.92 Å². The minimum Gasteiger partial charge on any atom is -0.493 e. The lowest BCUT2D eigenvalue weighted by Gasteiger charge is -2.11. The number of methoxy groups -OCH3 is 2. The summed E-state index contributed by atoms with van der Waals surface area (Å²) in [5.74, 6) is 1.26. The molecule has 1 heterocycles. The lowest BCUT2D eigenvalue weighted by Crippen LogP contribution is -2.05. The van der Waals surface area contributed by atoms with Crippen LogP contribution in [-0.4, -0.2) is 30.1 Å². The van der Waals surface area contributed by atoms with Gasteiger partial charge in [-0.2, -0.15) is 0 Å². The van der Waals surface area contributed by atoms with Gasteiger partial charge in [-0.25, -0.2) is 9.97 Å². The zero-order chi connectivity index (χ0) is 21.1. The highest BCUT2D eigenvalue weighted by atomic mass is 16.5. The number of amides is 1. The molecule has 0 radical (unpaired) electrons. The molecule has 30 heavy (non-hydrogen) atoms. The van der Waals surface area contributed by atoms with E-state index in [0.29, 0.717) is 11.5 Å². The minimum atomic E-state index is -0.102. The van der Waals surface area contributed by atoms with E-state index in [9.17, 15) is 4.79 Å². The predicted octanol–water partition coefficient (Wildman–Crippen LogP) is 4.94. The van der Waals surface area contributed by atoms with Crippen molar-refractivity contribution in [3.63, 3.8) is 0 Å². The smallest absolute Gasteiger partial charge is 0.221 e.